The van der Waals surface area contributed by atoms with Crippen molar-refractivity contribution in [2.24, 2.45) is 29.6 Å². The van der Waals surface area contributed by atoms with Crippen LogP contribution in [0.25, 0.3) is 0 Å². The van der Waals surface area contributed by atoms with Crippen LogP contribution in [0.3, 0.4) is 0 Å². The van der Waals surface area contributed by atoms with E-state index in [2.05, 4.69) is 19.3 Å². The Bertz CT molecular complexity index is 283. The summed E-state index contributed by atoms with van der Waals surface area (Å²) in [7, 11) is 2.23. The summed E-state index contributed by atoms with van der Waals surface area (Å²) in [6.07, 6.45) is 18.0. The molecule has 4 aliphatic carbocycles. The van der Waals surface area contributed by atoms with E-state index >= 15 is 0 Å². The van der Waals surface area contributed by atoms with Crippen molar-refractivity contribution >= 4 is 0 Å². The molecule has 1 atom stereocenters. The van der Waals surface area contributed by atoms with E-state index in [1.807, 2.05) is 0 Å². The van der Waals surface area contributed by atoms with Crippen molar-refractivity contribution in [2.45, 2.75) is 90.0 Å². The third kappa shape index (κ3) is 3.66. The Balaban J connectivity index is 1.45. The highest BCUT2D eigenvalue weighted by Crippen LogP contribution is 2.57. The van der Waals surface area contributed by atoms with Gasteiger partial charge in [0.2, 0.25) is 0 Å². The average molecular weight is 292 g/mol. The van der Waals surface area contributed by atoms with Crippen LogP contribution in [-0.4, -0.2) is 13.1 Å². The van der Waals surface area contributed by atoms with Gasteiger partial charge in [-0.2, -0.15) is 0 Å². The normalized spacial score (nSPS) is 38.9. The van der Waals surface area contributed by atoms with Crippen LogP contribution in [-0.2, 0) is 0 Å². The van der Waals surface area contributed by atoms with Crippen molar-refractivity contribution in [1.82, 2.24) is 5.32 Å². The standard InChI is InChI=1S/C20H37N/c1-3-4-5-6-7-8-9-19(21-2)20-17-11-15-10-16(13-17)14-18(20)12-15/h15-21H,3-14H2,1-2H3. The van der Waals surface area contributed by atoms with Crippen molar-refractivity contribution < 1.29 is 0 Å². The molecule has 4 fully saturated rings. The van der Waals surface area contributed by atoms with Crippen molar-refractivity contribution in [2.75, 3.05) is 7.05 Å². The van der Waals surface area contributed by atoms with Crippen molar-refractivity contribution in [3.05, 3.63) is 0 Å². The van der Waals surface area contributed by atoms with E-state index in [0.717, 1.165) is 35.6 Å². The minimum absolute atomic E-state index is 0.825. The molecule has 0 aromatic carbocycles. The second-order valence-corrected chi connectivity index (χ2v) is 8.46. The van der Waals surface area contributed by atoms with Crippen LogP contribution in [0.15, 0.2) is 0 Å². The molecule has 21 heavy (non-hydrogen) atoms. The first-order valence-electron chi connectivity index (χ1n) is 9.99. The Hall–Kier alpha value is -0.0400. The highest BCUT2D eigenvalue weighted by atomic mass is 14.9. The fourth-order valence-corrected chi connectivity index (χ4v) is 6.30. The lowest BCUT2D eigenvalue weighted by Gasteiger charge is -2.56. The van der Waals surface area contributed by atoms with E-state index < -0.39 is 0 Å². The summed E-state index contributed by atoms with van der Waals surface area (Å²) in [5.74, 6) is 5.43. The van der Waals surface area contributed by atoms with Crippen LogP contribution < -0.4 is 5.32 Å². The molecule has 4 rings (SSSR count). The number of unbranched alkanes of at least 4 members (excludes halogenated alkanes) is 5. The summed E-state index contributed by atoms with van der Waals surface area (Å²) in [4.78, 5) is 0. The van der Waals surface area contributed by atoms with Gasteiger partial charge < -0.3 is 5.32 Å². The van der Waals surface area contributed by atoms with Crippen LogP contribution in [0.2, 0.25) is 0 Å². The molecule has 1 unspecified atom stereocenters. The lowest BCUT2D eigenvalue weighted by atomic mass is 9.50. The molecule has 122 valence electrons. The average Bonchev–Trinajstić information content (AvgIpc) is 2.47. The quantitative estimate of drug-likeness (QED) is 0.561. The molecule has 4 saturated carbocycles. The summed E-state index contributed by atoms with van der Waals surface area (Å²) in [5.41, 5.74) is 0. The first-order valence-corrected chi connectivity index (χ1v) is 9.99. The molecule has 0 aromatic rings. The van der Waals surface area contributed by atoms with Gasteiger partial charge in [0.05, 0.1) is 0 Å². The van der Waals surface area contributed by atoms with E-state index in [0.29, 0.717) is 0 Å². The molecule has 0 spiro atoms. The molecule has 0 heterocycles. The fraction of sp³-hybridized carbons (Fsp3) is 1.00. The zero-order chi connectivity index (χ0) is 14.7. The number of nitrogens with one attached hydrogen (secondary N) is 1. The van der Waals surface area contributed by atoms with Gasteiger partial charge in [-0.25, -0.2) is 0 Å². The third-order valence-electron chi connectivity index (χ3n) is 7.00. The minimum atomic E-state index is 0.825. The highest BCUT2D eigenvalue weighted by molar-refractivity contribution is 5.01. The predicted octanol–water partition coefficient (Wildman–Crippen LogP) is 5.40. The largest absolute Gasteiger partial charge is 0.317 e. The highest BCUT2D eigenvalue weighted by Gasteiger charge is 2.49. The van der Waals surface area contributed by atoms with Gasteiger partial charge in [-0.3, -0.25) is 0 Å². The van der Waals surface area contributed by atoms with Crippen LogP contribution in [0.4, 0.5) is 0 Å². The molecule has 0 aromatic heterocycles. The van der Waals surface area contributed by atoms with Gasteiger partial charge in [0.15, 0.2) is 0 Å². The first-order chi connectivity index (χ1) is 10.3. The van der Waals surface area contributed by atoms with Crippen molar-refractivity contribution in [1.29, 1.82) is 0 Å². The fourth-order valence-electron chi connectivity index (χ4n) is 6.30. The summed E-state index contributed by atoms with van der Waals surface area (Å²) in [5, 5.41) is 3.73. The smallest absolute Gasteiger partial charge is 0.00976 e. The van der Waals surface area contributed by atoms with Gasteiger partial charge in [0.1, 0.15) is 0 Å². The molecule has 0 aliphatic heterocycles. The lowest BCUT2D eigenvalue weighted by molar-refractivity contribution is -0.0522. The van der Waals surface area contributed by atoms with Crippen LogP contribution >= 0.6 is 0 Å². The lowest BCUT2D eigenvalue weighted by Crippen LogP contribution is -2.52. The van der Waals surface area contributed by atoms with Crippen LogP contribution in [0.5, 0.6) is 0 Å². The zero-order valence-corrected chi connectivity index (χ0v) is 14.4. The maximum absolute atomic E-state index is 3.73. The summed E-state index contributed by atoms with van der Waals surface area (Å²) < 4.78 is 0. The third-order valence-corrected chi connectivity index (χ3v) is 7.00. The number of hydrogen-bond donors (Lipinski definition) is 1. The van der Waals surface area contributed by atoms with Gasteiger partial charge in [-0.1, -0.05) is 45.4 Å². The molecule has 1 nitrogen and oxygen atoms in total. The maximum atomic E-state index is 3.73. The Morgan fingerprint density at radius 2 is 1.38 bits per heavy atom. The molecule has 1 N–H and O–H groups in total. The second kappa shape index (κ2) is 7.49. The van der Waals surface area contributed by atoms with Crippen molar-refractivity contribution in [3.8, 4) is 0 Å². The molecular weight excluding hydrogens is 254 g/mol. The minimum Gasteiger partial charge on any atom is -0.317 e. The molecular formula is C20H37N. The summed E-state index contributed by atoms with van der Waals surface area (Å²) in [6, 6.07) is 0.825. The van der Waals surface area contributed by atoms with Crippen LogP contribution in [0.1, 0.15) is 84.0 Å². The Morgan fingerprint density at radius 3 is 1.95 bits per heavy atom. The molecule has 0 radical (unpaired) electrons. The van der Waals surface area contributed by atoms with Gasteiger partial charge in [-0.05, 0) is 75.2 Å². The van der Waals surface area contributed by atoms with E-state index in [1.54, 1.807) is 32.1 Å². The first kappa shape index (κ1) is 15.8. The number of hydrogen-bond acceptors (Lipinski definition) is 1. The summed E-state index contributed by atoms with van der Waals surface area (Å²) in [6.45, 7) is 2.31. The second-order valence-electron chi connectivity index (χ2n) is 8.46. The SMILES string of the molecule is CCCCCCCCC(NC)C1C2CC3CC(C2)CC1C3. The topological polar surface area (TPSA) is 12.0 Å². The molecule has 1 heteroatoms. The van der Waals surface area contributed by atoms with E-state index in [9.17, 15) is 0 Å². The Morgan fingerprint density at radius 1 is 0.810 bits per heavy atom. The predicted molar refractivity (Wildman–Crippen MR) is 91.4 cm³/mol. The zero-order valence-electron chi connectivity index (χ0n) is 14.4. The molecule has 0 saturated heterocycles. The Labute approximate surface area is 132 Å². The van der Waals surface area contributed by atoms with E-state index in [-0.39, 0.29) is 0 Å². The molecule has 4 aliphatic rings. The van der Waals surface area contributed by atoms with E-state index in [1.165, 1.54) is 44.9 Å². The van der Waals surface area contributed by atoms with Gasteiger partial charge in [0.25, 0.3) is 0 Å². The maximum Gasteiger partial charge on any atom is 0.00976 e. The Kier molecular flexibility index (Phi) is 5.65. The van der Waals surface area contributed by atoms with Crippen molar-refractivity contribution in [3.63, 3.8) is 0 Å². The van der Waals surface area contributed by atoms with Crippen LogP contribution in [0, 0.1) is 29.6 Å². The van der Waals surface area contributed by atoms with Gasteiger partial charge in [0, 0.05) is 6.04 Å². The van der Waals surface area contributed by atoms with E-state index in [4.69, 9.17) is 0 Å². The number of rotatable bonds is 9. The molecule has 0 amide bonds. The summed E-state index contributed by atoms with van der Waals surface area (Å²) >= 11 is 0. The van der Waals surface area contributed by atoms with Gasteiger partial charge >= 0.3 is 0 Å². The van der Waals surface area contributed by atoms with Gasteiger partial charge in [-0.15, -0.1) is 0 Å². The molecule has 4 bridgehead atoms. The monoisotopic (exact) mass is 291 g/mol.